The molecule has 144 valence electrons. The van der Waals surface area contributed by atoms with Gasteiger partial charge in [-0.1, -0.05) is 12.5 Å². The molecule has 1 spiro atoms. The summed E-state index contributed by atoms with van der Waals surface area (Å²) < 4.78 is 0. The topological polar surface area (TPSA) is 69.6 Å². The second-order valence-corrected chi connectivity index (χ2v) is 7.28. The van der Waals surface area contributed by atoms with Gasteiger partial charge in [-0.2, -0.15) is 0 Å². The van der Waals surface area contributed by atoms with Gasteiger partial charge in [0.1, 0.15) is 5.82 Å². The molecule has 1 amide bonds. The largest absolute Gasteiger partial charge is 0.357 e. The summed E-state index contributed by atoms with van der Waals surface area (Å²) in [5.41, 5.74) is 1.62. The number of hydrogen-bond donors (Lipinski definition) is 2. The van der Waals surface area contributed by atoms with Crippen LogP contribution in [0.4, 0.5) is 5.82 Å². The van der Waals surface area contributed by atoms with Crippen molar-refractivity contribution >= 4 is 41.7 Å². The Balaban J connectivity index is 0.00000243. The molecule has 26 heavy (non-hydrogen) atoms. The first kappa shape index (κ1) is 20.9. The lowest BCUT2D eigenvalue weighted by atomic mass is 9.68. The Hall–Kier alpha value is -1.38. The first-order valence-corrected chi connectivity index (χ1v) is 9.36. The first-order valence-electron chi connectivity index (χ1n) is 9.36. The van der Waals surface area contributed by atoms with E-state index in [1.165, 1.54) is 25.7 Å². The minimum absolute atomic E-state index is 0. The zero-order valence-corrected chi connectivity index (χ0v) is 18.1. The number of carbonyl (C=O) groups is 1. The van der Waals surface area contributed by atoms with Gasteiger partial charge in [0.2, 0.25) is 5.91 Å². The number of aliphatic imine (C=N–C) groups is 1. The van der Waals surface area contributed by atoms with Crippen molar-refractivity contribution in [3.63, 3.8) is 0 Å². The molecule has 0 atom stereocenters. The van der Waals surface area contributed by atoms with Gasteiger partial charge in [0, 0.05) is 32.3 Å². The maximum Gasteiger partial charge on any atom is 0.227 e. The van der Waals surface area contributed by atoms with E-state index < -0.39 is 0 Å². The summed E-state index contributed by atoms with van der Waals surface area (Å²) in [7, 11) is 0. The molecular weight excluding hydrogens is 441 g/mol. The van der Waals surface area contributed by atoms with E-state index in [4.69, 9.17) is 0 Å². The highest BCUT2D eigenvalue weighted by molar-refractivity contribution is 14.0. The second-order valence-electron chi connectivity index (χ2n) is 7.28. The van der Waals surface area contributed by atoms with Crippen molar-refractivity contribution in [2.24, 2.45) is 10.4 Å². The van der Waals surface area contributed by atoms with Crippen LogP contribution in [0, 0.1) is 12.3 Å². The third-order valence-corrected chi connectivity index (χ3v) is 5.27. The van der Waals surface area contributed by atoms with E-state index in [-0.39, 0.29) is 29.9 Å². The molecule has 2 aliphatic rings. The molecule has 3 rings (SSSR count). The number of carbonyl (C=O) groups excluding carboxylic acids is 1. The maximum absolute atomic E-state index is 12.1. The number of aromatic nitrogens is 1. The average Bonchev–Trinajstić information content (AvgIpc) is 3.02. The van der Waals surface area contributed by atoms with Crippen LogP contribution in [0.5, 0.6) is 0 Å². The summed E-state index contributed by atoms with van der Waals surface area (Å²) in [4.78, 5) is 23.3. The minimum Gasteiger partial charge on any atom is -0.357 e. The van der Waals surface area contributed by atoms with Crippen LogP contribution in [0.2, 0.25) is 0 Å². The predicted molar refractivity (Wildman–Crippen MR) is 116 cm³/mol. The number of rotatable bonds is 5. The number of pyridine rings is 1. The maximum atomic E-state index is 12.1. The smallest absolute Gasteiger partial charge is 0.227 e. The number of likely N-dealkylation sites (tertiary alicyclic amines) is 1. The van der Waals surface area contributed by atoms with Gasteiger partial charge in [0.15, 0.2) is 5.96 Å². The molecule has 2 heterocycles. The molecule has 1 aliphatic heterocycles. The van der Waals surface area contributed by atoms with E-state index >= 15 is 0 Å². The fourth-order valence-corrected chi connectivity index (χ4v) is 3.64. The van der Waals surface area contributed by atoms with Gasteiger partial charge in [-0.15, -0.1) is 24.0 Å². The van der Waals surface area contributed by atoms with Crippen LogP contribution in [-0.2, 0) is 4.79 Å². The Bertz CT molecular complexity index is 627. The molecule has 0 radical (unpaired) electrons. The van der Waals surface area contributed by atoms with E-state index in [0.29, 0.717) is 24.2 Å². The number of hydrogen-bond acceptors (Lipinski definition) is 3. The van der Waals surface area contributed by atoms with Gasteiger partial charge < -0.3 is 15.5 Å². The molecule has 2 N–H and O–H groups in total. The number of anilines is 1. The molecule has 1 aromatic heterocycles. The normalized spacial score (nSPS) is 18.2. The SMILES string of the molecule is CCNC(=NCCC(=O)Nc1ccc(C)cn1)N1CCC2(CCC2)C1.I. The van der Waals surface area contributed by atoms with Crippen LogP contribution in [-0.4, -0.2) is 47.9 Å². The highest BCUT2D eigenvalue weighted by Crippen LogP contribution is 2.47. The van der Waals surface area contributed by atoms with Crippen LogP contribution in [0.3, 0.4) is 0 Å². The standard InChI is InChI=1S/C19H29N5O.HI/c1-3-20-18(24-12-10-19(14-24)8-4-9-19)21-11-7-17(25)23-16-6-5-15(2)13-22-16;/h5-6,13H,3-4,7-12,14H2,1-2H3,(H,20,21)(H,22,23,25);1H. The number of guanidine groups is 1. The van der Waals surface area contributed by atoms with Crippen molar-refractivity contribution in [1.82, 2.24) is 15.2 Å². The van der Waals surface area contributed by atoms with Crippen molar-refractivity contribution in [3.8, 4) is 0 Å². The molecule has 6 nitrogen and oxygen atoms in total. The lowest BCUT2D eigenvalue weighted by molar-refractivity contribution is -0.116. The zero-order chi connectivity index (χ0) is 17.7. The number of aryl methyl sites for hydroxylation is 1. The van der Waals surface area contributed by atoms with E-state index in [1.807, 2.05) is 19.1 Å². The number of amides is 1. The highest BCUT2D eigenvalue weighted by atomic mass is 127. The van der Waals surface area contributed by atoms with Crippen LogP contribution in [0.25, 0.3) is 0 Å². The number of halogens is 1. The fraction of sp³-hybridized carbons (Fsp3) is 0.632. The van der Waals surface area contributed by atoms with E-state index in [1.54, 1.807) is 6.20 Å². The van der Waals surface area contributed by atoms with E-state index in [2.05, 4.69) is 32.4 Å². The minimum atomic E-state index is -0.0483. The molecule has 1 aromatic rings. The molecule has 0 bridgehead atoms. The summed E-state index contributed by atoms with van der Waals surface area (Å²) in [5, 5.41) is 6.19. The molecule has 1 saturated heterocycles. The quantitative estimate of drug-likeness (QED) is 0.393. The van der Waals surface area contributed by atoms with Crippen LogP contribution >= 0.6 is 24.0 Å². The Labute approximate surface area is 173 Å². The lowest BCUT2D eigenvalue weighted by Crippen LogP contribution is -2.42. The monoisotopic (exact) mass is 471 g/mol. The van der Waals surface area contributed by atoms with Gasteiger partial charge in [-0.25, -0.2) is 4.98 Å². The molecule has 1 saturated carbocycles. The first-order chi connectivity index (χ1) is 12.1. The molecule has 0 unspecified atom stereocenters. The number of nitrogens with zero attached hydrogens (tertiary/aromatic N) is 3. The molecule has 2 fully saturated rings. The fourth-order valence-electron chi connectivity index (χ4n) is 3.64. The van der Waals surface area contributed by atoms with Gasteiger partial charge >= 0.3 is 0 Å². The Morgan fingerprint density at radius 3 is 2.73 bits per heavy atom. The summed E-state index contributed by atoms with van der Waals surface area (Å²) in [6, 6.07) is 3.76. The van der Waals surface area contributed by atoms with Gasteiger partial charge in [0.25, 0.3) is 0 Å². The van der Waals surface area contributed by atoms with Crippen LogP contribution < -0.4 is 10.6 Å². The third kappa shape index (κ3) is 5.31. The predicted octanol–water partition coefficient (Wildman–Crippen LogP) is 3.18. The van der Waals surface area contributed by atoms with Crippen molar-refractivity contribution in [2.45, 2.75) is 46.0 Å². The summed E-state index contributed by atoms with van der Waals surface area (Å²) in [5.74, 6) is 1.50. The van der Waals surface area contributed by atoms with Gasteiger partial charge in [-0.05, 0) is 50.2 Å². The Morgan fingerprint density at radius 2 is 2.15 bits per heavy atom. The van der Waals surface area contributed by atoms with Crippen molar-refractivity contribution < 1.29 is 4.79 Å². The zero-order valence-electron chi connectivity index (χ0n) is 15.8. The van der Waals surface area contributed by atoms with Gasteiger partial charge in [0.05, 0.1) is 6.54 Å². The van der Waals surface area contributed by atoms with Gasteiger partial charge in [-0.3, -0.25) is 9.79 Å². The highest BCUT2D eigenvalue weighted by Gasteiger charge is 2.43. The van der Waals surface area contributed by atoms with Crippen molar-refractivity contribution in [2.75, 3.05) is 31.5 Å². The van der Waals surface area contributed by atoms with Crippen molar-refractivity contribution in [3.05, 3.63) is 23.9 Å². The lowest BCUT2D eigenvalue weighted by Gasteiger charge is -2.38. The molecule has 7 heteroatoms. The number of nitrogens with one attached hydrogen (secondary N) is 2. The Kier molecular flexibility index (Phi) is 7.67. The summed E-state index contributed by atoms with van der Waals surface area (Å²) in [6.07, 6.45) is 7.47. The average molecular weight is 471 g/mol. The summed E-state index contributed by atoms with van der Waals surface area (Å²) >= 11 is 0. The van der Waals surface area contributed by atoms with Crippen LogP contribution in [0.15, 0.2) is 23.3 Å². The van der Waals surface area contributed by atoms with E-state index in [0.717, 1.165) is 31.2 Å². The molecular formula is C19H30IN5O. The van der Waals surface area contributed by atoms with Crippen LogP contribution in [0.1, 0.15) is 44.6 Å². The third-order valence-electron chi connectivity index (χ3n) is 5.27. The van der Waals surface area contributed by atoms with Crippen molar-refractivity contribution in [1.29, 1.82) is 0 Å². The molecule has 0 aromatic carbocycles. The summed E-state index contributed by atoms with van der Waals surface area (Å²) in [6.45, 7) is 7.58. The Morgan fingerprint density at radius 1 is 1.35 bits per heavy atom. The van der Waals surface area contributed by atoms with E-state index in [9.17, 15) is 4.79 Å². The second kappa shape index (κ2) is 9.53. The molecule has 1 aliphatic carbocycles.